The van der Waals surface area contributed by atoms with Crippen LogP contribution in [-0.4, -0.2) is 24.3 Å². The number of rotatable bonds is 3. The van der Waals surface area contributed by atoms with Crippen LogP contribution < -0.4 is 0 Å². The topological polar surface area (TPSA) is 3.24 Å². The molecule has 0 N–H and O–H groups in total. The second kappa shape index (κ2) is 4.31. The van der Waals surface area contributed by atoms with Gasteiger partial charge in [-0.15, -0.1) is 0 Å². The van der Waals surface area contributed by atoms with Crippen LogP contribution in [0.2, 0.25) is 5.31 Å². The van der Waals surface area contributed by atoms with E-state index in [1.54, 1.807) is 0 Å². The van der Waals surface area contributed by atoms with Gasteiger partial charge in [0.05, 0.1) is 0 Å². The standard InChI is InChI=1S/C10H23BN/c1-8(2)12(9(3)4)11-10(5,6)7/h8-9H,1-7H3. The van der Waals surface area contributed by atoms with Crippen LogP contribution in [0.25, 0.3) is 0 Å². The van der Waals surface area contributed by atoms with E-state index in [9.17, 15) is 0 Å². The van der Waals surface area contributed by atoms with Gasteiger partial charge < -0.3 is 4.81 Å². The molecule has 0 aliphatic rings. The normalized spacial score (nSPS) is 13.2. The van der Waals surface area contributed by atoms with Crippen molar-refractivity contribution in [2.75, 3.05) is 0 Å². The Kier molecular flexibility index (Phi) is 4.32. The van der Waals surface area contributed by atoms with Crippen molar-refractivity contribution in [3.05, 3.63) is 0 Å². The first-order valence-corrected chi connectivity index (χ1v) is 4.87. The third-order valence-corrected chi connectivity index (χ3v) is 1.73. The molecule has 0 rings (SSSR count). The van der Waals surface area contributed by atoms with E-state index >= 15 is 0 Å². The first-order valence-electron chi connectivity index (χ1n) is 4.87. The Bertz CT molecular complexity index is 116. The Morgan fingerprint density at radius 1 is 0.917 bits per heavy atom. The minimum atomic E-state index is 0.286. The molecular formula is C10H23BN. The molecule has 0 fully saturated rings. The molecule has 0 aromatic carbocycles. The number of hydrogen-bond acceptors (Lipinski definition) is 1. The first kappa shape index (κ1) is 12.0. The van der Waals surface area contributed by atoms with Crippen LogP contribution in [0.15, 0.2) is 0 Å². The van der Waals surface area contributed by atoms with Crippen LogP contribution in [0.1, 0.15) is 48.5 Å². The number of nitrogens with zero attached hydrogens (tertiary/aromatic N) is 1. The first-order chi connectivity index (χ1) is 5.24. The van der Waals surface area contributed by atoms with E-state index in [4.69, 9.17) is 0 Å². The zero-order valence-corrected chi connectivity index (χ0v) is 9.68. The van der Waals surface area contributed by atoms with Crippen LogP contribution in [0.3, 0.4) is 0 Å². The fourth-order valence-corrected chi connectivity index (χ4v) is 1.34. The Balaban J connectivity index is 4.15. The van der Waals surface area contributed by atoms with E-state index in [0.29, 0.717) is 12.1 Å². The van der Waals surface area contributed by atoms with Crippen molar-refractivity contribution >= 4 is 7.41 Å². The van der Waals surface area contributed by atoms with Crippen molar-refractivity contribution in [2.45, 2.75) is 65.9 Å². The summed E-state index contributed by atoms with van der Waals surface area (Å²) in [5.41, 5.74) is 0. The van der Waals surface area contributed by atoms with Gasteiger partial charge in [-0.2, -0.15) is 0 Å². The average Bonchev–Trinajstić information content (AvgIpc) is 1.79. The molecule has 0 saturated carbocycles. The highest BCUT2D eigenvalue weighted by atomic mass is 15.1. The van der Waals surface area contributed by atoms with Crippen LogP contribution >= 0.6 is 0 Å². The van der Waals surface area contributed by atoms with E-state index in [1.165, 1.54) is 0 Å². The maximum atomic E-state index is 2.42. The Morgan fingerprint density at radius 3 is 1.33 bits per heavy atom. The molecule has 0 atom stereocenters. The zero-order chi connectivity index (χ0) is 9.94. The number of hydrogen-bond donors (Lipinski definition) is 0. The van der Waals surface area contributed by atoms with E-state index in [1.807, 2.05) is 0 Å². The molecule has 0 saturated heterocycles. The van der Waals surface area contributed by atoms with Gasteiger partial charge in [0.1, 0.15) is 0 Å². The summed E-state index contributed by atoms with van der Waals surface area (Å²) in [6.45, 7) is 15.7. The maximum Gasteiger partial charge on any atom is 0.215 e. The largest absolute Gasteiger partial charge is 0.342 e. The molecule has 0 amide bonds. The van der Waals surface area contributed by atoms with Crippen molar-refractivity contribution in [3.63, 3.8) is 0 Å². The van der Waals surface area contributed by atoms with Crippen LogP contribution in [0.5, 0.6) is 0 Å². The van der Waals surface area contributed by atoms with Crippen molar-refractivity contribution in [2.24, 2.45) is 0 Å². The summed E-state index contributed by atoms with van der Waals surface area (Å²) in [5, 5.41) is 0.286. The third-order valence-electron chi connectivity index (χ3n) is 1.73. The van der Waals surface area contributed by atoms with Crippen LogP contribution in [0.4, 0.5) is 0 Å². The van der Waals surface area contributed by atoms with Gasteiger partial charge in [0, 0.05) is 0 Å². The summed E-state index contributed by atoms with van der Waals surface area (Å²) in [7, 11) is 2.34. The van der Waals surface area contributed by atoms with Gasteiger partial charge in [-0.25, -0.2) is 0 Å². The SMILES string of the molecule is CC(C)N([B]C(C)(C)C)C(C)C. The summed E-state index contributed by atoms with van der Waals surface area (Å²) in [4.78, 5) is 2.42. The van der Waals surface area contributed by atoms with Crippen molar-refractivity contribution in [1.82, 2.24) is 4.81 Å². The fourth-order valence-electron chi connectivity index (χ4n) is 1.34. The van der Waals surface area contributed by atoms with Gasteiger partial charge in [0.25, 0.3) is 0 Å². The van der Waals surface area contributed by atoms with Gasteiger partial charge in [0.15, 0.2) is 0 Å². The predicted octanol–water partition coefficient (Wildman–Crippen LogP) is 2.94. The summed E-state index contributed by atoms with van der Waals surface area (Å²) in [6, 6.07) is 1.20. The average molecular weight is 168 g/mol. The molecule has 2 heteroatoms. The predicted molar refractivity (Wildman–Crippen MR) is 57.6 cm³/mol. The summed E-state index contributed by atoms with van der Waals surface area (Å²) in [6.07, 6.45) is 0. The van der Waals surface area contributed by atoms with Gasteiger partial charge >= 0.3 is 0 Å². The highest BCUT2D eigenvalue weighted by Gasteiger charge is 2.22. The van der Waals surface area contributed by atoms with Crippen molar-refractivity contribution in [1.29, 1.82) is 0 Å². The van der Waals surface area contributed by atoms with Crippen molar-refractivity contribution < 1.29 is 0 Å². The quantitative estimate of drug-likeness (QED) is 0.585. The molecule has 1 nitrogen and oxygen atoms in total. The molecule has 0 aliphatic heterocycles. The van der Waals surface area contributed by atoms with Gasteiger partial charge in [-0.05, 0) is 17.4 Å². The third kappa shape index (κ3) is 4.81. The Labute approximate surface area is 78.8 Å². The van der Waals surface area contributed by atoms with Crippen LogP contribution in [0, 0.1) is 0 Å². The summed E-state index contributed by atoms with van der Waals surface area (Å²) < 4.78 is 0. The lowest BCUT2D eigenvalue weighted by Gasteiger charge is -2.35. The molecule has 0 aromatic rings. The van der Waals surface area contributed by atoms with E-state index in [0.717, 1.165) is 0 Å². The molecule has 0 bridgehead atoms. The summed E-state index contributed by atoms with van der Waals surface area (Å²) >= 11 is 0. The van der Waals surface area contributed by atoms with Gasteiger partial charge in [0.2, 0.25) is 7.41 Å². The van der Waals surface area contributed by atoms with Gasteiger partial charge in [-0.1, -0.05) is 48.5 Å². The summed E-state index contributed by atoms with van der Waals surface area (Å²) in [5.74, 6) is 0. The lowest BCUT2D eigenvalue weighted by Crippen LogP contribution is -2.43. The zero-order valence-electron chi connectivity index (χ0n) is 9.68. The molecular weight excluding hydrogens is 145 g/mol. The van der Waals surface area contributed by atoms with Crippen molar-refractivity contribution in [3.8, 4) is 0 Å². The van der Waals surface area contributed by atoms with Crippen LogP contribution in [-0.2, 0) is 0 Å². The highest BCUT2D eigenvalue weighted by Crippen LogP contribution is 2.23. The van der Waals surface area contributed by atoms with Gasteiger partial charge in [-0.3, -0.25) is 0 Å². The molecule has 0 spiro atoms. The minimum Gasteiger partial charge on any atom is -0.342 e. The molecule has 0 aliphatic carbocycles. The highest BCUT2D eigenvalue weighted by molar-refractivity contribution is 6.36. The maximum absolute atomic E-state index is 2.42. The second-order valence-electron chi connectivity index (χ2n) is 5.13. The minimum absolute atomic E-state index is 0.286. The fraction of sp³-hybridized carbons (Fsp3) is 1.00. The molecule has 0 heterocycles. The van der Waals surface area contributed by atoms with E-state index in [2.05, 4.69) is 60.7 Å². The Hall–Kier alpha value is 0.0249. The molecule has 12 heavy (non-hydrogen) atoms. The second-order valence-corrected chi connectivity index (χ2v) is 5.13. The smallest absolute Gasteiger partial charge is 0.215 e. The Morgan fingerprint density at radius 2 is 1.25 bits per heavy atom. The molecule has 0 unspecified atom stereocenters. The van der Waals surface area contributed by atoms with E-state index in [-0.39, 0.29) is 5.31 Å². The monoisotopic (exact) mass is 168 g/mol. The molecule has 1 radical (unpaired) electrons. The molecule has 0 aromatic heterocycles. The van der Waals surface area contributed by atoms with E-state index < -0.39 is 0 Å². The lowest BCUT2D eigenvalue weighted by atomic mass is 9.62. The lowest BCUT2D eigenvalue weighted by molar-refractivity contribution is 0.302. The molecule has 71 valence electrons.